The SMILES string of the molecule is C=CC[Si](CC=C)(CC=C)CCCC([SiH3])(CCC[Si](CC=C)(CC=C)CC=C)OC. The van der Waals surface area contributed by atoms with Crippen LogP contribution >= 0.6 is 0 Å². The lowest BCUT2D eigenvalue weighted by Crippen LogP contribution is -2.37. The molecule has 0 heterocycles. The molecule has 170 valence electrons. The fourth-order valence-electron chi connectivity index (χ4n) is 4.95. The highest BCUT2D eigenvalue weighted by Crippen LogP contribution is 2.34. The zero-order valence-electron chi connectivity index (χ0n) is 20.1. The summed E-state index contributed by atoms with van der Waals surface area (Å²) in [5, 5.41) is 0.0906. The van der Waals surface area contributed by atoms with Gasteiger partial charge in [0.2, 0.25) is 0 Å². The maximum Gasteiger partial charge on any atom is 0.0648 e. The van der Waals surface area contributed by atoms with Crippen LogP contribution in [0.2, 0.25) is 48.4 Å². The molecule has 0 aromatic heterocycles. The Hall–Kier alpha value is -0.949. The van der Waals surface area contributed by atoms with Gasteiger partial charge in [-0.3, -0.25) is 0 Å². The van der Waals surface area contributed by atoms with Crippen LogP contribution in [-0.2, 0) is 4.74 Å². The number of methoxy groups -OCH3 is 1. The van der Waals surface area contributed by atoms with E-state index in [9.17, 15) is 0 Å². The standard InChI is InChI=1S/C26H48OSi3/c1-8-18-29(19-9-2,20-10-3)24-14-16-26(28,27-7)17-15-25-30(21-11-4,22-12-5)23-13-6/h8-13H,1-6,14-25H2,7,28H3. The highest BCUT2D eigenvalue weighted by molar-refractivity contribution is 6.81. The van der Waals surface area contributed by atoms with Crippen molar-refractivity contribution < 1.29 is 4.74 Å². The van der Waals surface area contributed by atoms with Gasteiger partial charge in [0.05, 0.1) is 16.1 Å². The summed E-state index contributed by atoms with van der Waals surface area (Å²) in [7, 11) is 0.143. The summed E-state index contributed by atoms with van der Waals surface area (Å²) < 4.78 is 6.10. The van der Waals surface area contributed by atoms with Crippen molar-refractivity contribution in [2.24, 2.45) is 0 Å². The van der Waals surface area contributed by atoms with Gasteiger partial charge in [0, 0.05) is 22.6 Å². The summed E-state index contributed by atoms with van der Waals surface area (Å²) in [5.74, 6) is 0. The van der Waals surface area contributed by atoms with E-state index < -0.39 is 16.1 Å². The zero-order chi connectivity index (χ0) is 22.9. The Balaban J connectivity index is 4.98. The Bertz CT molecular complexity index is 455. The lowest BCUT2D eigenvalue weighted by atomic mass is 10.1. The smallest absolute Gasteiger partial charge is 0.0648 e. The second-order valence-electron chi connectivity index (χ2n) is 9.32. The van der Waals surface area contributed by atoms with E-state index in [1.165, 1.54) is 37.8 Å². The molecule has 0 spiro atoms. The van der Waals surface area contributed by atoms with Gasteiger partial charge in [-0.15, -0.1) is 39.5 Å². The van der Waals surface area contributed by atoms with E-state index in [2.05, 4.69) is 75.9 Å². The van der Waals surface area contributed by atoms with Gasteiger partial charge in [0.15, 0.2) is 0 Å². The zero-order valence-corrected chi connectivity index (χ0v) is 24.1. The fourth-order valence-corrected chi connectivity index (χ4v) is 13.4. The summed E-state index contributed by atoms with van der Waals surface area (Å²) in [6.45, 7) is 24.1. The third-order valence-corrected chi connectivity index (χ3v) is 17.9. The molecule has 4 heteroatoms. The Morgan fingerprint density at radius 1 is 0.633 bits per heavy atom. The van der Waals surface area contributed by atoms with Crippen LogP contribution in [0.4, 0.5) is 0 Å². The number of allylic oxidation sites excluding steroid dienone is 6. The van der Waals surface area contributed by atoms with Crippen molar-refractivity contribution in [1.29, 1.82) is 0 Å². The van der Waals surface area contributed by atoms with Gasteiger partial charge in [-0.1, -0.05) is 61.4 Å². The first-order chi connectivity index (χ1) is 14.3. The van der Waals surface area contributed by atoms with Gasteiger partial charge in [-0.05, 0) is 49.1 Å². The third-order valence-electron chi connectivity index (χ3n) is 6.78. The van der Waals surface area contributed by atoms with E-state index in [4.69, 9.17) is 4.74 Å². The molecule has 0 aliphatic heterocycles. The molecule has 0 aliphatic rings. The van der Waals surface area contributed by atoms with Crippen molar-refractivity contribution in [3.63, 3.8) is 0 Å². The molecular formula is C26H48OSi3. The van der Waals surface area contributed by atoms with Crippen LogP contribution in [0, 0.1) is 0 Å². The summed E-state index contributed by atoms with van der Waals surface area (Å²) in [5.41, 5.74) is 0. The minimum atomic E-state index is -1.42. The summed E-state index contributed by atoms with van der Waals surface area (Å²) in [6, 6.07) is 9.57. The molecule has 0 saturated heterocycles. The minimum Gasteiger partial charge on any atom is -0.383 e. The van der Waals surface area contributed by atoms with Crippen LogP contribution in [0.1, 0.15) is 25.7 Å². The second-order valence-corrected chi connectivity index (χ2v) is 20.6. The first-order valence-corrected chi connectivity index (χ1v) is 18.2. The molecule has 0 radical (unpaired) electrons. The molecule has 0 saturated carbocycles. The first-order valence-electron chi connectivity index (χ1n) is 11.5. The largest absolute Gasteiger partial charge is 0.383 e. The van der Waals surface area contributed by atoms with Crippen molar-refractivity contribution in [2.75, 3.05) is 7.11 Å². The molecule has 0 fully saturated rings. The third kappa shape index (κ3) is 10.4. The van der Waals surface area contributed by atoms with Gasteiger partial charge in [0.1, 0.15) is 0 Å². The van der Waals surface area contributed by atoms with E-state index in [-0.39, 0.29) is 5.22 Å². The molecular weight excluding hydrogens is 413 g/mol. The fraction of sp³-hybridized carbons (Fsp3) is 0.538. The van der Waals surface area contributed by atoms with E-state index in [0.29, 0.717) is 0 Å². The van der Waals surface area contributed by atoms with Crippen LogP contribution in [0.3, 0.4) is 0 Å². The molecule has 0 aromatic carbocycles. The van der Waals surface area contributed by atoms with E-state index in [1.807, 2.05) is 7.11 Å². The lowest BCUT2D eigenvalue weighted by Gasteiger charge is -2.34. The highest BCUT2D eigenvalue weighted by Gasteiger charge is 2.32. The summed E-state index contributed by atoms with van der Waals surface area (Å²) in [4.78, 5) is 0. The average Bonchev–Trinajstić information content (AvgIpc) is 2.69. The first kappa shape index (κ1) is 29.1. The Morgan fingerprint density at radius 3 is 1.10 bits per heavy atom. The van der Waals surface area contributed by atoms with Gasteiger partial charge >= 0.3 is 0 Å². The molecule has 30 heavy (non-hydrogen) atoms. The van der Waals surface area contributed by atoms with Crippen molar-refractivity contribution >= 4 is 26.4 Å². The van der Waals surface area contributed by atoms with Crippen molar-refractivity contribution in [3.05, 3.63) is 75.9 Å². The van der Waals surface area contributed by atoms with Crippen molar-refractivity contribution in [3.8, 4) is 0 Å². The van der Waals surface area contributed by atoms with Gasteiger partial charge in [0.25, 0.3) is 0 Å². The van der Waals surface area contributed by atoms with Crippen LogP contribution in [0.25, 0.3) is 0 Å². The number of hydrogen-bond acceptors (Lipinski definition) is 1. The normalized spacial score (nSPS) is 12.3. The highest BCUT2D eigenvalue weighted by atomic mass is 28.3. The lowest BCUT2D eigenvalue weighted by molar-refractivity contribution is 0.0470. The Morgan fingerprint density at radius 2 is 0.900 bits per heavy atom. The Kier molecular flexibility index (Phi) is 15.3. The predicted molar refractivity (Wildman–Crippen MR) is 149 cm³/mol. The topological polar surface area (TPSA) is 9.23 Å². The minimum absolute atomic E-state index is 0.0906. The summed E-state index contributed by atoms with van der Waals surface area (Å²) >= 11 is 0. The monoisotopic (exact) mass is 460 g/mol. The van der Waals surface area contributed by atoms with Crippen molar-refractivity contribution in [2.45, 2.75) is 79.3 Å². The van der Waals surface area contributed by atoms with Crippen LogP contribution in [0.5, 0.6) is 0 Å². The van der Waals surface area contributed by atoms with E-state index in [1.54, 1.807) is 0 Å². The number of ether oxygens (including phenoxy) is 1. The van der Waals surface area contributed by atoms with E-state index in [0.717, 1.165) is 46.5 Å². The molecule has 0 aromatic rings. The Labute approximate surface area is 193 Å². The molecule has 0 rings (SSSR count). The number of rotatable bonds is 21. The van der Waals surface area contributed by atoms with Gasteiger partial charge in [-0.25, -0.2) is 0 Å². The van der Waals surface area contributed by atoms with Gasteiger partial charge < -0.3 is 4.74 Å². The molecule has 0 aliphatic carbocycles. The quantitative estimate of drug-likeness (QED) is 0.129. The summed E-state index contributed by atoms with van der Waals surface area (Å²) in [6.07, 6.45) is 17.5. The van der Waals surface area contributed by atoms with Crippen molar-refractivity contribution in [1.82, 2.24) is 0 Å². The molecule has 0 N–H and O–H groups in total. The van der Waals surface area contributed by atoms with Crippen LogP contribution in [-0.4, -0.2) is 38.7 Å². The van der Waals surface area contributed by atoms with Crippen LogP contribution < -0.4 is 0 Å². The molecule has 0 amide bonds. The maximum atomic E-state index is 6.10. The van der Waals surface area contributed by atoms with Crippen LogP contribution in [0.15, 0.2) is 75.9 Å². The number of hydrogen-bond donors (Lipinski definition) is 0. The van der Waals surface area contributed by atoms with Gasteiger partial charge in [-0.2, -0.15) is 0 Å². The molecule has 0 bridgehead atoms. The second kappa shape index (κ2) is 15.8. The maximum absolute atomic E-state index is 6.10. The van der Waals surface area contributed by atoms with E-state index >= 15 is 0 Å². The molecule has 0 atom stereocenters. The predicted octanol–water partition coefficient (Wildman–Crippen LogP) is 7.27. The molecule has 1 nitrogen and oxygen atoms in total. The average molecular weight is 461 g/mol. The molecule has 0 unspecified atom stereocenters.